The molecule has 0 aliphatic carbocycles. The third-order valence-electron chi connectivity index (χ3n) is 1.67. The van der Waals surface area contributed by atoms with Gasteiger partial charge in [0, 0.05) is 5.69 Å². The number of benzene rings is 1. The summed E-state index contributed by atoms with van der Waals surface area (Å²) in [6, 6.07) is 4.43. The number of halogens is 1. The Morgan fingerprint density at radius 3 is 2.62 bits per heavy atom. The number of hydrogen-bond donors (Lipinski definition) is 1. The van der Waals surface area contributed by atoms with E-state index in [2.05, 4.69) is 0 Å². The Bertz CT molecular complexity index is 414. The smallest absolute Gasteiger partial charge is 0.179 e. The van der Waals surface area contributed by atoms with E-state index >= 15 is 0 Å². The van der Waals surface area contributed by atoms with E-state index in [1.165, 1.54) is 12.1 Å². The fourth-order valence-electron chi connectivity index (χ4n) is 0.914. The van der Waals surface area contributed by atoms with Gasteiger partial charge in [0.15, 0.2) is 9.84 Å². The molecular formula is C8H10ClNO2S. The quantitative estimate of drug-likeness (QED) is 0.771. The zero-order valence-corrected chi connectivity index (χ0v) is 8.69. The van der Waals surface area contributed by atoms with Crippen molar-refractivity contribution in [1.29, 1.82) is 0 Å². The lowest BCUT2D eigenvalue weighted by molar-refractivity contribution is 0.597. The van der Waals surface area contributed by atoms with Gasteiger partial charge in [-0.05, 0) is 18.2 Å². The van der Waals surface area contributed by atoms with Crippen LogP contribution in [0, 0.1) is 0 Å². The minimum Gasteiger partial charge on any atom is -0.399 e. The van der Waals surface area contributed by atoms with Gasteiger partial charge in [-0.25, -0.2) is 8.42 Å². The molecule has 0 spiro atoms. The van der Waals surface area contributed by atoms with E-state index in [4.69, 9.17) is 17.3 Å². The van der Waals surface area contributed by atoms with Crippen LogP contribution in [0.3, 0.4) is 0 Å². The molecule has 1 aromatic carbocycles. The summed E-state index contributed by atoms with van der Waals surface area (Å²) in [5.41, 5.74) is 5.86. The second-order valence-corrected chi connectivity index (χ2v) is 5.25. The van der Waals surface area contributed by atoms with Crippen molar-refractivity contribution in [2.75, 3.05) is 11.5 Å². The summed E-state index contributed by atoms with van der Waals surface area (Å²) < 4.78 is 22.9. The Labute approximate surface area is 82.4 Å². The second kappa shape index (κ2) is 3.55. The molecule has 0 heterocycles. The van der Waals surface area contributed by atoms with Crippen molar-refractivity contribution < 1.29 is 8.42 Å². The Balaban J connectivity index is 3.38. The maximum Gasteiger partial charge on any atom is 0.179 e. The Kier molecular flexibility index (Phi) is 2.83. The van der Waals surface area contributed by atoms with Gasteiger partial charge in [0.25, 0.3) is 0 Å². The van der Waals surface area contributed by atoms with Gasteiger partial charge < -0.3 is 5.73 Å². The molecule has 72 valence electrons. The van der Waals surface area contributed by atoms with E-state index in [9.17, 15) is 8.42 Å². The first-order valence-electron chi connectivity index (χ1n) is 3.75. The molecule has 2 N–H and O–H groups in total. The van der Waals surface area contributed by atoms with Gasteiger partial charge in [0.1, 0.15) is 0 Å². The van der Waals surface area contributed by atoms with E-state index in [0.29, 0.717) is 5.69 Å². The van der Waals surface area contributed by atoms with Crippen LogP contribution in [-0.4, -0.2) is 14.2 Å². The summed E-state index contributed by atoms with van der Waals surface area (Å²) in [5.74, 6) is 0.0240. The first-order chi connectivity index (χ1) is 5.97. The lowest BCUT2D eigenvalue weighted by Crippen LogP contribution is -2.05. The molecular weight excluding hydrogens is 210 g/mol. The summed E-state index contributed by atoms with van der Waals surface area (Å²) in [4.78, 5) is 0.108. The van der Waals surface area contributed by atoms with Crippen LogP contribution in [-0.2, 0) is 9.84 Å². The molecule has 0 aromatic heterocycles. The van der Waals surface area contributed by atoms with Crippen LogP contribution in [0.25, 0.3) is 0 Å². The van der Waals surface area contributed by atoms with Crippen molar-refractivity contribution in [1.82, 2.24) is 0 Å². The van der Waals surface area contributed by atoms with Crippen LogP contribution in [0.2, 0.25) is 5.02 Å². The summed E-state index contributed by atoms with van der Waals surface area (Å²) in [6.45, 7) is 1.56. The third kappa shape index (κ3) is 2.14. The highest BCUT2D eigenvalue weighted by atomic mass is 35.5. The number of nitrogens with two attached hydrogens (primary N) is 1. The van der Waals surface area contributed by atoms with E-state index in [1.54, 1.807) is 13.0 Å². The zero-order valence-electron chi connectivity index (χ0n) is 7.12. The van der Waals surface area contributed by atoms with E-state index in [-0.39, 0.29) is 15.7 Å². The van der Waals surface area contributed by atoms with Gasteiger partial charge in [-0.1, -0.05) is 18.5 Å². The molecule has 0 aliphatic rings. The van der Waals surface area contributed by atoms with Gasteiger partial charge in [0.05, 0.1) is 15.7 Å². The molecule has 0 amide bonds. The molecule has 1 rings (SSSR count). The number of nitrogen functional groups attached to an aromatic ring is 1. The summed E-state index contributed by atoms with van der Waals surface area (Å²) >= 11 is 5.72. The average molecular weight is 220 g/mol. The van der Waals surface area contributed by atoms with E-state index in [1.807, 2.05) is 0 Å². The molecule has 0 saturated carbocycles. The van der Waals surface area contributed by atoms with E-state index in [0.717, 1.165) is 0 Å². The molecule has 0 fully saturated rings. The Morgan fingerprint density at radius 2 is 2.08 bits per heavy atom. The van der Waals surface area contributed by atoms with Crippen LogP contribution in [0.5, 0.6) is 0 Å². The highest BCUT2D eigenvalue weighted by Crippen LogP contribution is 2.24. The molecule has 3 nitrogen and oxygen atoms in total. The van der Waals surface area contributed by atoms with Crippen LogP contribution >= 0.6 is 11.6 Å². The minimum atomic E-state index is -3.26. The fourth-order valence-corrected chi connectivity index (χ4v) is 2.38. The number of sulfone groups is 1. The fraction of sp³-hybridized carbons (Fsp3) is 0.250. The molecule has 0 unspecified atom stereocenters. The van der Waals surface area contributed by atoms with Gasteiger partial charge in [-0.3, -0.25) is 0 Å². The molecule has 5 heteroatoms. The largest absolute Gasteiger partial charge is 0.399 e. The van der Waals surface area contributed by atoms with Gasteiger partial charge in [0.2, 0.25) is 0 Å². The van der Waals surface area contributed by atoms with Gasteiger partial charge in [-0.2, -0.15) is 0 Å². The van der Waals surface area contributed by atoms with Crippen molar-refractivity contribution in [3.8, 4) is 0 Å². The van der Waals surface area contributed by atoms with E-state index < -0.39 is 9.84 Å². The number of rotatable bonds is 2. The first-order valence-corrected chi connectivity index (χ1v) is 5.78. The third-order valence-corrected chi connectivity index (χ3v) is 3.88. The number of hydrogen-bond acceptors (Lipinski definition) is 3. The molecule has 0 aliphatic heterocycles. The summed E-state index contributed by atoms with van der Waals surface area (Å²) in [7, 11) is -3.26. The second-order valence-electron chi connectivity index (χ2n) is 2.59. The first kappa shape index (κ1) is 10.3. The van der Waals surface area contributed by atoms with Crippen LogP contribution in [0.1, 0.15) is 6.92 Å². The van der Waals surface area contributed by atoms with Crippen LogP contribution in [0.15, 0.2) is 23.1 Å². The Hall–Kier alpha value is -0.740. The van der Waals surface area contributed by atoms with Crippen molar-refractivity contribution in [3.63, 3.8) is 0 Å². The molecule has 0 saturated heterocycles. The molecule has 1 aromatic rings. The predicted molar refractivity (Wildman–Crippen MR) is 53.6 cm³/mol. The summed E-state index contributed by atoms with van der Waals surface area (Å²) in [5, 5.41) is 0.219. The Morgan fingerprint density at radius 1 is 1.46 bits per heavy atom. The van der Waals surface area contributed by atoms with Crippen molar-refractivity contribution in [2.45, 2.75) is 11.8 Å². The predicted octanol–water partition coefficient (Wildman–Crippen LogP) is 1.72. The molecule has 0 radical (unpaired) electrons. The minimum absolute atomic E-state index is 0.0240. The molecule has 13 heavy (non-hydrogen) atoms. The lowest BCUT2D eigenvalue weighted by Gasteiger charge is -2.04. The van der Waals surface area contributed by atoms with Crippen LogP contribution < -0.4 is 5.73 Å². The van der Waals surface area contributed by atoms with Crippen molar-refractivity contribution >= 4 is 27.1 Å². The monoisotopic (exact) mass is 219 g/mol. The topological polar surface area (TPSA) is 60.2 Å². The highest BCUT2D eigenvalue weighted by molar-refractivity contribution is 7.91. The average Bonchev–Trinajstić information content (AvgIpc) is 2.09. The van der Waals surface area contributed by atoms with Crippen molar-refractivity contribution in [2.24, 2.45) is 0 Å². The van der Waals surface area contributed by atoms with Crippen LogP contribution in [0.4, 0.5) is 5.69 Å². The zero-order chi connectivity index (χ0) is 10.1. The molecule has 0 bridgehead atoms. The molecule has 0 atom stereocenters. The SMILES string of the molecule is CCS(=O)(=O)c1cc(N)ccc1Cl. The normalized spacial score (nSPS) is 11.5. The van der Waals surface area contributed by atoms with Gasteiger partial charge >= 0.3 is 0 Å². The standard InChI is InChI=1S/C8H10ClNO2S/c1-2-13(11,12)8-5-6(10)3-4-7(8)9/h3-5H,2,10H2,1H3. The van der Waals surface area contributed by atoms with Crippen molar-refractivity contribution in [3.05, 3.63) is 23.2 Å². The lowest BCUT2D eigenvalue weighted by atomic mass is 10.3. The van der Waals surface area contributed by atoms with Gasteiger partial charge in [-0.15, -0.1) is 0 Å². The summed E-state index contributed by atoms with van der Waals surface area (Å²) in [6.07, 6.45) is 0. The maximum absolute atomic E-state index is 11.4. The maximum atomic E-state index is 11.4. The highest BCUT2D eigenvalue weighted by Gasteiger charge is 2.15. The number of anilines is 1.